The van der Waals surface area contributed by atoms with Crippen LogP contribution < -0.4 is 5.32 Å². The molecule has 2 heterocycles. The molecule has 0 saturated carbocycles. The Morgan fingerprint density at radius 3 is 2.68 bits per heavy atom. The number of piperazine rings is 2. The average Bonchev–Trinajstić information content (AvgIpc) is 2.66. The van der Waals surface area contributed by atoms with Gasteiger partial charge in [-0.3, -0.25) is 4.79 Å². The fourth-order valence-corrected chi connectivity index (χ4v) is 3.94. The number of carbonyl (C=O) groups excluding carboxylic acids is 1. The maximum atomic E-state index is 12.9. The third kappa shape index (κ3) is 4.94. The SMILES string of the molecule is CCN1CCN(CCC(=O)N2CCNCC2c2cccc(Cl)c2)CC1. The number of halogens is 1. The predicted molar refractivity (Wildman–Crippen MR) is 102 cm³/mol. The van der Waals surface area contributed by atoms with Gasteiger partial charge in [0.1, 0.15) is 0 Å². The largest absolute Gasteiger partial charge is 0.333 e. The summed E-state index contributed by atoms with van der Waals surface area (Å²) in [4.78, 5) is 19.8. The van der Waals surface area contributed by atoms with Gasteiger partial charge in [-0.15, -0.1) is 0 Å². The van der Waals surface area contributed by atoms with Crippen molar-refractivity contribution < 1.29 is 4.79 Å². The van der Waals surface area contributed by atoms with E-state index in [1.54, 1.807) is 0 Å². The van der Waals surface area contributed by atoms with Crippen molar-refractivity contribution in [3.8, 4) is 0 Å². The van der Waals surface area contributed by atoms with Crippen molar-refractivity contribution in [3.05, 3.63) is 34.9 Å². The number of likely N-dealkylation sites (N-methyl/N-ethyl adjacent to an activating group) is 1. The predicted octanol–water partition coefficient (Wildman–Crippen LogP) is 1.84. The lowest BCUT2D eigenvalue weighted by atomic mass is 10.0. The Bertz CT molecular complexity index is 574. The molecular formula is C19H29ClN4O. The van der Waals surface area contributed by atoms with E-state index in [0.717, 1.165) is 69.5 Å². The van der Waals surface area contributed by atoms with Crippen molar-refractivity contribution in [1.82, 2.24) is 20.0 Å². The lowest BCUT2D eigenvalue weighted by Crippen LogP contribution is -2.50. The van der Waals surface area contributed by atoms with Gasteiger partial charge in [0.05, 0.1) is 6.04 Å². The van der Waals surface area contributed by atoms with Gasteiger partial charge in [-0.2, -0.15) is 0 Å². The molecule has 1 aromatic rings. The molecule has 2 saturated heterocycles. The molecule has 2 fully saturated rings. The Morgan fingerprint density at radius 2 is 1.96 bits per heavy atom. The Kier molecular flexibility index (Phi) is 6.70. The van der Waals surface area contributed by atoms with Gasteiger partial charge in [-0.25, -0.2) is 0 Å². The molecule has 5 nitrogen and oxygen atoms in total. The van der Waals surface area contributed by atoms with Crippen LogP contribution in [0.4, 0.5) is 0 Å². The fraction of sp³-hybridized carbons (Fsp3) is 0.632. The highest BCUT2D eigenvalue weighted by Crippen LogP contribution is 2.25. The average molecular weight is 365 g/mol. The topological polar surface area (TPSA) is 38.8 Å². The summed E-state index contributed by atoms with van der Waals surface area (Å²) in [6.07, 6.45) is 0.600. The molecule has 2 aliphatic heterocycles. The number of hydrogen-bond donors (Lipinski definition) is 1. The lowest BCUT2D eigenvalue weighted by Gasteiger charge is -2.38. The van der Waals surface area contributed by atoms with E-state index in [0.29, 0.717) is 6.42 Å². The summed E-state index contributed by atoms with van der Waals surface area (Å²) in [5, 5.41) is 4.13. The molecule has 138 valence electrons. The minimum Gasteiger partial charge on any atom is -0.333 e. The van der Waals surface area contributed by atoms with E-state index in [9.17, 15) is 4.79 Å². The Hall–Kier alpha value is -1.14. The summed E-state index contributed by atoms with van der Waals surface area (Å²) in [5.41, 5.74) is 1.12. The smallest absolute Gasteiger partial charge is 0.224 e. The van der Waals surface area contributed by atoms with E-state index in [1.807, 2.05) is 23.1 Å². The Labute approximate surface area is 155 Å². The van der Waals surface area contributed by atoms with Gasteiger partial charge in [0.25, 0.3) is 0 Å². The molecule has 0 radical (unpaired) electrons. The first-order valence-corrected chi connectivity index (χ1v) is 9.75. The molecule has 25 heavy (non-hydrogen) atoms. The number of nitrogens with zero attached hydrogens (tertiary/aromatic N) is 3. The van der Waals surface area contributed by atoms with Crippen molar-refractivity contribution in [2.75, 3.05) is 58.9 Å². The van der Waals surface area contributed by atoms with Crippen molar-refractivity contribution in [3.63, 3.8) is 0 Å². The van der Waals surface area contributed by atoms with Gasteiger partial charge in [0, 0.05) is 63.8 Å². The highest BCUT2D eigenvalue weighted by Gasteiger charge is 2.28. The summed E-state index contributed by atoms with van der Waals surface area (Å²) in [5.74, 6) is 0.254. The van der Waals surface area contributed by atoms with Crippen LogP contribution in [-0.2, 0) is 4.79 Å². The third-order valence-corrected chi connectivity index (χ3v) is 5.59. The second kappa shape index (κ2) is 8.99. The molecule has 0 spiro atoms. The van der Waals surface area contributed by atoms with Gasteiger partial charge in [0.2, 0.25) is 5.91 Å². The molecule has 1 aromatic carbocycles. The molecule has 0 aromatic heterocycles. The van der Waals surface area contributed by atoms with Crippen LogP contribution in [-0.4, -0.2) is 79.5 Å². The third-order valence-electron chi connectivity index (χ3n) is 5.35. The second-order valence-corrected chi connectivity index (χ2v) is 7.32. The van der Waals surface area contributed by atoms with Crippen LogP contribution in [0.25, 0.3) is 0 Å². The second-order valence-electron chi connectivity index (χ2n) is 6.89. The van der Waals surface area contributed by atoms with E-state index in [4.69, 9.17) is 11.6 Å². The van der Waals surface area contributed by atoms with E-state index >= 15 is 0 Å². The highest BCUT2D eigenvalue weighted by atomic mass is 35.5. The quantitative estimate of drug-likeness (QED) is 0.865. The molecule has 1 atom stereocenters. The summed E-state index contributed by atoms with van der Waals surface area (Å²) >= 11 is 6.14. The lowest BCUT2D eigenvalue weighted by molar-refractivity contribution is -0.135. The maximum absolute atomic E-state index is 12.9. The first-order valence-electron chi connectivity index (χ1n) is 9.37. The minimum absolute atomic E-state index is 0.0805. The standard InChI is InChI=1S/C19H29ClN4O/c1-2-22-10-12-23(13-11-22)8-6-19(25)24-9-7-21-15-18(24)16-4-3-5-17(20)14-16/h3-5,14,18,21H,2,6-13,15H2,1H3. The van der Waals surface area contributed by atoms with Crippen LogP contribution >= 0.6 is 11.6 Å². The van der Waals surface area contributed by atoms with Gasteiger partial charge in [0.15, 0.2) is 0 Å². The van der Waals surface area contributed by atoms with Crippen LogP contribution in [0.2, 0.25) is 5.02 Å². The van der Waals surface area contributed by atoms with E-state index in [2.05, 4.69) is 28.1 Å². The van der Waals surface area contributed by atoms with E-state index in [1.165, 1.54) is 0 Å². The maximum Gasteiger partial charge on any atom is 0.224 e. The zero-order chi connectivity index (χ0) is 17.6. The van der Waals surface area contributed by atoms with Crippen LogP contribution in [0.3, 0.4) is 0 Å². The monoisotopic (exact) mass is 364 g/mol. The van der Waals surface area contributed by atoms with Crippen LogP contribution in [0.1, 0.15) is 24.9 Å². The van der Waals surface area contributed by atoms with Gasteiger partial charge in [-0.05, 0) is 24.2 Å². The number of amides is 1. The van der Waals surface area contributed by atoms with Gasteiger partial charge < -0.3 is 20.0 Å². The van der Waals surface area contributed by atoms with Crippen molar-refractivity contribution in [1.29, 1.82) is 0 Å². The molecule has 0 aliphatic carbocycles. The molecular weight excluding hydrogens is 336 g/mol. The molecule has 1 N–H and O–H groups in total. The summed E-state index contributed by atoms with van der Waals surface area (Å²) in [6, 6.07) is 7.96. The van der Waals surface area contributed by atoms with Crippen LogP contribution in [0.15, 0.2) is 24.3 Å². The molecule has 3 rings (SSSR count). The number of hydrogen-bond acceptors (Lipinski definition) is 4. The van der Waals surface area contributed by atoms with Gasteiger partial charge in [-0.1, -0.05) is 30.7 Å². The number of nitrogens with one attached hydrogen (secondary N) is 1. The Balaban J connectivity index is 1.56. The molecule has 0 bridgehead atoms. The van der Waals surface area contributed by atoms with Crippen LogP contribution in [0, 0.1) is 0 Å². The van der Waals surface area contributed by atoms with E-state index in [-0.39, 0.29) is 11.9 Å². The summed E-state index contributed by atoms with van der Waals surface area (Å²) < 4.78 is 0. The minimum atomic E-state index is 0.0805. The molecule has 6 heteroatoms. The first kappa shape index (κ1) is 18.6. The first-order chi connectivity index (χ1) is 12.2. The highest BCUT2D eigenvalue weighted by molar-refractivity contribution is 6.30. The molecule has 1 amide bonds. The number of rotatable bonds is 5. The van der Waals surface area contributed by atoms with Crippen LogP contribution in [0.5, 0.6) is 0 Å². The van der Waals surface area contributed by atoms with Crippen molar-refractivity contribution in [2.24, 2.45) is 0 Å². The fourth-order valence-electron chi connectivity index (χ4n) is 3.74. The van der Waals surface area contributed by atoms with E-state index < -0.39 is 0 Å². The normalized spacial score (nSPS) is 23.0. The zero-order valence-corrected chi connectivity index (χ0v) is 15.8. The van der Waals surface area contributed by atoms with Gasteiger partial charge >= 0.3 is 0 Å². The van der Waals surface area contributed by atoms with Crippen molar-refractivity contribution >= 4 is 17.5 Å². The summed E-state index contributed by atoms with van der Waals surface area (Å²) in [6.45, 7) is 11.0. The number of benzene rings is 1. The molecule has 1 unspecified atom stereocenters. The number of carbonyl (C=O) groups is 1. The molecule has 2 aliphatic rings. The zero-order valence-electron chi connectivity index (χ0n) is 15.1. The van der Waals surface area contributed by atoms with Crippen molar-refractivity contribution in [2.45, 2.75) is 19.4 Å². The summed E-state index contributed by atoms with van der Waals surface area (Å²) in [7, 11) is 0. The Morgan fingerprint density at radius 1 is 1.20 bits per heavy atom.